The summed E-state index contributed by atoms with van der Waals surface area (Å²) in [6, 6.07) is 16.3. The number of hydrogen-bond acceptors (Lipinski definition) is 8. The normalized spacial score (nSPS) is 11.7. The second-order valence-corrected chi connectivity index (χ2v) is 12.4. The molecule has 0 atom stereocenters. The van der Waals surface area contributed by atoms with Gasteiger partial charge in [-0.25, -0.2) is 10.2 Å². The summed E-state index contributed by atoms with van der Waals surface area (Å²) in [5.41, 5.74) is 3.60. The zero-order valence-corrected chi connectivity index (χ0v) is 26.0. The summed E-state index contributed by atoms with van der Waals surface area (Å²) in [4.78, 5) is 36.0. The van der Waals surface area contributed by atoms with Crippen LogP contribution >= 0.6 is 15.9 Å². The number of carbonyl (C=O) groups excluding carboxylic acids is 2. The molecule has 0 spiro atoms. The van der Waals surface area contributed by atoms with Gasteiger partial charge in [0, 0.05) is 10.5 Å². The number of amides is 1. The summed E-state index contributed by atoms with van der Waals surface area (Å²) in [5, 5.41) is 15.6. The number of hydrogen-bond donors (Lipinski definition) is 1. The first kappa shape index (κ1) is 32.3. The van der Waals surface area contributed by atoms with Gasteiger partial charge in [-0.2, -0.15) is 5.10 Å². The number of nitro groups is 1. The van der Waals surface area contributed by atoms with Crippen LogP contribution in [0.15, 0.2) is 70.2 Å². The van der Waals surface area contributed by atoms with Crippen molar-refractivity contribution in [3.63, 3.8) is 0 Å². The minimum absolute atomic E-state index is 0.00699. The van der Waals surface area contributed by atoms with Crippen LogP contribution < -0.4 is 19.6 Å². The smallest absolute Gasteiger partial charge is 0.343 e. The van der Waals surface area contributed by atoms with Crippen LogP contribution in [0.3, 0.4) is 0 Å². The third-order valence-electron chi connectivity index (χ3n) is 6.14. The highest BCUT2D eigenvalue weighted by molar-refractivity contribution is 9.10. The van der Waals surface area contributed by atoms with E-state index in [1.807, 2.05) is 13.8 Å². The number of nitro benzene ring substituents is 1. The van der Waals surface area contributed by atoms with Crippen LogP contribution in [0.1, 0.15) is 62.5 Å². The van der Waals surface area contributed by atoms with Crippen LogP contribution in [0, 0.1) is 15.5 Å². The van der Waals surface area contributed by atoms with Crippen LogP contribution in [-0.4, -0.2) is 36.7 Å². The van der Waals surface area contributed by atoms with E-state index < -0.39 is 23.4 Å². The topological polar surface area (TPSA) is 129 Å². The number of methoxy groups -OCH3 is 1. The van der Waals surface area contributed by atoms with Crippen molar-refractivity contribution in [2.45, 2.75) is 46.5 Å². The maximum atomic E-state index is 12.4. The Morgan fingerprint density at radius 2 is 1.64 bits per heavy atom. The molecule has 0 saturated heterocycles. The molecule has 0 aliphatic carbocycles. The first-order chi connectivity index (χ1) is 19.7. The van der Waals surface area contributed by atoms with Gasteiger partial charge >= 0.3 is 11.7 Å². The summed E-state index contributed by atoms with van der Waals surface area (Å²) < 4.78 is 17.1. The lowest BCUT2D eigenvalue weighted by atomic mass is 9.72. The van der Waals surface area contributed by atoms with Gasteiger partial charge in [0.25, 0.3) is 5.91 Å². The van der Waals surface area contributed by atoms with Gasteiger partial charge in [0.1, 0.15) is 0 Å². The molecule has 1 amide bonds. The zero-order valence-electron chi connectivity index (χ0n) is 24.4. The van der Waals surface area contributed by atoms with Crippen LogP contribution in [0.2, 0.25) is 0 Å². The Morgan fingerprint density at radius 1 is 0.976 bits per heavy atom. The number of rotatable bonds is 11. The molecule has 1 N–H and O–H groups in total. The molecule has 11 heteroatoms. The molecule has 0 heterocycles. The molecule has 3 aromatic rings. The van der Waals surface area contributed by atoms with Crippen molar-refractivity contribution in [1.82, 2.24) is 5.43 Å². The average Bonchev–Trinajstić information content (AvgIpc) is 2.91. The second-order valence-electron chi connectivity index (χ2n) is 11.4. The molecule has 0 unspecified atom stereocenters. The van der Waals surface area contributed by atoms with Crippen LogP contribution in [0.4, 0.5) is 5.69 Å². The van der Waals surface area contributed by atoms with Crippen LogP contribution in [0.25, 0.3) is 0 Å². The second kappa shape index (κ2) is 13.6. The van der Waals surface area contributed by atoms with E-state index in [4.69, 9.17) is 14.2 Å². The SMILES string of the molecule is COc1cc(/C=N/NC(=O)COc2ccc(C(C)(C)CC(C)(C)C)cc2[N+](=O)[O-])ccc1OC(=O)c1ccc(Br)cc1. The maximum Gasteiger partial charge on any atom is 0.343 e. The van der Waals surface area contributed by atoms with Crippen LogP contribution in [-0.2, 0) is 10.2 Å². The van der Waals surface area contributed by atoms with Gasteiger partial charge in [0.15, 0.2) is 23.9 Å². The van der Waals surface area contributed by atoms with E-state index in [0.29, 0.717) is 16.9 Å². The highest BCUT2D eigenvalue weighted by Crippen LogP contribution is 2.39. The minimum atomic E-state index is -0.607. The fourth-order valence-electron chi connectivity index (χ4n) is 4.58. The molecule has 10 nitrogen and oxygen atoms in total. The highest BCUT2D eigenvalue weighted by Gasteiger charge is 2.30. The average molecular weight is 641 g/mol. The summed E-state index contributed by atoms with van der Waals surface area (Å²) in [6.07, 6.45) is 2.19. The minimum Gasteiger partial charge on any atom is -0.493 e. The molecule has 0 aliphatic heterocycles. The van der Waals surface area contributed by atoms with Gasteiger partial charge in [-0.1, -0.05) is 56.6 Å². The lowest BCUT2D eigenvalue weighted by Gasteiger charge is -2.33. The number of ether oxygens (including phenoxy) is 3. The van der Waals surface area contributed by atoms with E-state index in [9.17, 15) is 19.7 Å². The van der Waals surface area contributed by atoms with E-state index in [0.717, 1.165) is 16.5 Å². The van der Waals surface area contributed by atoms with Crippen molar-refractivity contribution < 1.29 is 28.7 Å². The summed E-state index contributed by atoms with van der Waals surface area (Å²) >= 11 is 3.32. The van der Waals surface area contributed by atoms with Gasteiger partial charge in [-0.05, 0) is 76.9 Å². The van der Waals surface area contributed by atoms with Gasteiger partial charge in [-0.15, -0.1) is 0 Å². The Hall–Kier alpha value is -4.25. The Bertz CT molecular complexity index is 1480. The Kier molecular flexibility index (Phi) is 10.5. The molecule has 0 aliphatic rings. The fraction of sp³-hybridized carbons (Fsp3) is 0.323. The molecule has 0 saturated carbocycles. The van der Waals surface area contributed by atoms with Crippen molar-refractivity contribution in [1.29, 1.82) is 0 Å². The molecule has 3 aromatic carbocycles. The lowest BCUT2D eigenvalue weighted by Crippen LogP contribution is -2.26. The first-order valence-electron chi connectivity index (χ1n) is 13.1. The molecule has 0 bridgehead atoms. The van der Waals surface area contributed by atoms with Crippen molar-refractivity contribution in [2.24, 2.45) is 10.5 Å². The standard InChI is InChI=1S/C31H34BrN3O7/c1-30(2,3)19-31(4,5)22-10-14-25(24(16-22)35(38)39)41-18-28(36)34-33-17-20-7-13-26(27(15-20)40-6)42-29(37)21-8-11-23(32)12-9-21/h7-17H,18-19H2,1-6H3,(H,34,36)/b33-17+. The van der Waals surface area contributed by atoms with Gasteiger partial charge < -0.3 is 14.2 Å². The number of carbonyl (C=O) groups is 2. The summed E-state index contributed by atoms with van der Waals surface area (Å²) in [6.45, 7) is 9.98. The summed E-state index contributed by atoms with van der Waals surface area (Å²) in [5.74, 6) is -0.648. The van der Waals surface area contributed by atoms with Crippen molar-refractivity contribution in [3.8, 4) is 17.2 Å². The van der Waals surface area contributed by atoms with E-state index in [1.165, 1.54) is 25.5 Å². The third-order valence-corrected chi connectivity index (χ3v) is 6.67. The molecule has 0 aromatic heterocycles. The van der Waals surface area contributed by atoms with Crippen LogP contribution in [0.5, 0.6) is 17.2 Å². The third kappa shape index (κ3) is 9.13. The number of benzene rings is 3. The quantitative estimate of drug-likeness (QED) is 0.0800. The lowest BCUT2D eigenvalue weighted by molar-refractivity contribution is -0.385. The van der Waals surface area contributed by atoms with Gasteiger partial charge in [-0.3, -0.25) is 14.9 Å². The van der Waals surface area contributed by atoms with E-state index in [1.54, 1.807) is 48.5 Å². The van der Waals surface area contributed by atoms with Crippen molar-refractivity contribution in [2.75, 3.05) is 13.7 Å². The monoisotopic (exact) mass is 639 g/mol. The Balaban J connectivity index is 1.61. The molecule has 3 rings (SSSR count). The number of nitrogens with zero attached hydrogens (tertiary/aromatic N) is 2. The Morgan fingerprint density at radius 3 is 2.26 bits per heavy atom. The number of hydrazone groups is 1. The molecule has 42 heavy (non-hydrogen) atoms. The Labute approximate surface area is 253 Å². The number of nitrogens with one attached hydrogen (secondary N) is 1. The predicted octanol–water partition coefficient (Wildman–Crippen LogP) is 6.83. The predicted molar refractivity (Wildman–Crippen MR) is 164 cm³/mol. The number of halogens is 1. The number of esters is 1. The fourth-order valence-corrected chi connectivity index (χ4v) is 4.84. The van der Waals surface area contributed by atoms with Crippen molar-refractivity contribution in [3.05, 3.63) is 91.9 Å². The molecule has 0 fully saturated rings. The zero-order chi connectivity index (χ0) is 31.1. The molecular formula is C31H34BrN3O7. The van der Waals surface area contributed by atoms with E-state index in [-0.39, 0.29) is 28.0 Å². The largest absolute Gasteiger partial charge is 0.493 e. The van der Waals surface area contributed by atoms with E-state index >= 15 is 0 Å². The highest BCUT2D eigenvalue weighted by atomic mass is 79.9. The van der Waals surface area contributed by atoms with Gasteiger partial charge in [0.05, 0.1) is 23.8 Å². The molecule has 222 valence electrons. The maximum absolute atomic E-state index is 12.4. The molecule has 0 radical (unpaired) electrons. The van der Waals surface area contributed by atoms with Gasteiger partial charge in [0.2, 0.25) is 0 Å². The summed E-state index contributed by atoms with van der Waals surface area (Å²) in [7, 11) is 1.43. The van der Waals surface area contributed by atoms with E-state index in [2.05, 4.69) is 47.2 Å². The molecular weight excluding hydrogens is 606 g/mol. The van der Waals surface area contributed by atoms with Crippen molar-refractivity contribution >= 4 is 39.7 Å². The first-order valence-corrected chi connectivity index (χ1v) is 13.9.